The predicted octanol–water partition coefficient (Wildman–Crippen LogP) is 3.13. The fourth-order valence-corrected chi connectivity index (χ4v) is 2.30. The lowest BCUT2D eigenvalue weighted by Crippen LogP contribution is -2.14. The number of benzene rings is 1. The molecule has 1 amide bonds. The average Bonchev–Trinajstić information content (AvgIpc) is 2.55. The van der Waals surface area contributed by atoms with Crippen molar-refractivity contribution < 1.29 is 19.1 Å². The number of ether oxygens (including phenoxy) is 1. The van der Waals surface area contributed by atoms with Gasteiger partial charge in [-0.3, -0.25) is 15.1 Å². The fraction of sp³-hybridized carbons (Fsp3) is 0.118. The molecule has 1 aromatic carbocycles. The molecular formula is C17H14N2O5. The monoisotopic (exact) mass is 326 g/mol. The molecule has 0 saturated carbocycles. The summed E-state index contributed by atoms with van der Waals surface area (Å²) in [4.78, 5) is 27.8. The van der Waals surface area contributed by atoms with Crippen molar-refractivity contribution in [3.63, 3.8) is 0 Å². The number of carbonyl (C=O) groups is 1. The topological polar surface area (TPSA) is 102 Å². The van der Waals surface area contributed by atoms with Gasteiger partial charge in [0.2, 0.25) is 0 Å². The van der Waals surface area contributed by atoms with Gasteiger partial charge in [-0.25, -0.2) is 4.79 Å². The Hall–Kier alpha value is -3.35. The highest BCUT2D eigenvalue weighted by molar-refractivity contribution is 5.93. The van der Waals surface area contributed by atoms with Crippen molar-refractivity contribution in [1.82, 2.24) is 4.98 Å². The number of phenols is 1. The van der Waals surface area contributed by atoms with E-state index in [4.69, 9.17) is 9.15 Å². The second-order valence-corrected chi connectivity index (χ2v) is 4.89. The third kappa shape index (κ3) is 2.91. The summed E-state index contributed by atoms with van der Waals surface area (Å²) < 4.78 is 10.5. The zero-order valence-electron chi connectivity index (χ0n) is 12.8. The van der Waals surface area contributed by atoms with E-state index >= 15 is 0 Å². The van der Waals surface area contributed by atoms with E-state index in [2.05, 4.69) is 10.3 Å². The van der Waals surface area contributed by atoms with Crippen molar-refractivity contribution in [2.45, 2.75) is 6.92 Å². The van der Waals surface area contributed by atoms with Crippen LogP contribution in [0.25, 0.3) is 22.3 Å². The number of rotatable bonds is 3. The summed E-state index contributed by atoms with van der Waals surface area (Å²) in [6, 6.07) is 7.36. The lowest BCUT2D eigenvalue weighted by atomic mass is 10.1. The Kier molecular flexibility index (Phi) is 4.15. The van der Waals surface area contributed by atoms with E-state index in [0.717, 1.165) is 0 Å². The van der Waals surface area contributed by atoms with Gasteiger partial charge >= 0.3 is 6.09 Å². The van der Waals surface area contributed by atoms with Crippen LogP contribution in [0.1, 0.15) is 6.92 Å². The highest BCUT2D eigenvalue weighted by atomic mass is 16.5. The normalized spacial score (nSPS) is 10.5. The molecule has 0 radical (unpaired) electrons. The van der Waals surface area contributed by atoms with E-state index in [-0.39, 0.29) is 34.8 Å². The van der Waals surface area contributed by atoms with E-state index in [9.17, 15) is 14.7 Å². The Morgan fingerprint density at radius 1 is 1.38 bits per heavy atom. The van der Waals surface area contributed by atoms with Crippen LogP contribution in [0.5, 0.6) is 5.75 Å². The van der Waals surface area contributed by atoms with Gasteiger partial charge in [-0.1, -0.05) is 6.07 Å². The lowest BCUT2D eigenvalue weighted by molar-refractivity contribution is 0.168. The summed E-state index contributed by atoms with van der Waals surface area (Å²) in [7, 11) is 0. The molecule has 0 aliphatic rings. The zero-order valence-corrected chi connectivity index (χ0v) is 12.8. The molecular weight excluding hydrogens is 312 g/mol. The molecule has 7 heteroatoms. The second kappa shape index (κ2) is 6.41. The molecule has 24 heavy (non-hydrogen) atoms. The van der Waals surface area contributed by atoms with E-state index < -0.39 is 6.09 Å². The Balaban J connectivity index is 2.15. The van der Waals surface area contributed by atoms with Gasteiger partial charge in [0, 0.05) is 18.5 Å². The first-order valence-electron chi connectivity index (χ1n) is 7.24. The summed E-state index contributed by atoms with van der Waals surface area (Å²) >= 11 is 0. The average molecular weight is 326 g/mol. The third-order valence-corrected chi connectivity index (χ3v) is 3.33. The number of aromatic nitrogens is 1. The van der Waals surface area contributed by atoms with Gasteiger partial charge in [0.1, 0.15) is 17.1 Å². The predicted molar refractivity (Wildman–Crippen MR) is 88.0 cm³/mol. The van der Waals surface area contributed by atoms with Crippen molar-refractivity contribution in [1.29, 1.82) is 0 Å². The summed E-state index contributed by atoms with van der Waals surface area (Å²) in [5.41, 5.74) is 0.494. The van der Waals surface area contributed by atoms with Gasteiger partial charge < -0.3 is 14.3 Å². The molecule has 7 nitrogen and oxygen atoms in total. The lowest BCUT2D eigenvalue weighted by Gasteiger charge is -2.12. The maximum absolute atomic E-state index is 12.2. The summed E-state index contributed by atoms with van der Waals surface area (Å²) in [6.45, 7) is 1.89. The molecule has 0 spiro atoms. The fourth-order valence-electron chi connectivity index (χ4n) is 2.30. The molecule has 0 atom stereocenters. The van der Waals surface area contributed by atoms with Crippen molar-refractivity contribution in [3.05, 3.63) is 52.9 Å². The van der Waals surface area contributed by atoms with E-state index in [1.54, 1.807) is 25.1 Å². The van der Waals surface area contributed by atoms with Gasteiger partial charge in [-0.2, -0.15) is 0 Å². The molecule has 3 aromatic rings. The minimum absolute atomic E-state index is 0.128. The molecule has 2 aromatic heterocycles. The molecule has 0 fully saturated rings. The Bertz CT molecular complexity index is 965. The quantitative estimate of drug-likeness (QED) is 0.766. The minimum Gasteiger partial charge on any atom is -0.507 e. The zero-order chi connectivity index (χ0) is 17.1. The van der Waals surface area contributed by atoms with Crippen molar-refractivity contribution in [2.75, 3.05) is 11.9 Å². The largest absolute Gasteiger partial charge is 0.507 e. The number of pyridine rings is 1. The first kappa shape index (κ1) is 15.5. The Morgan fingerprint density at radius 3 is 3.00 bits per heavy atom. The Labute approximate surface area is 136 Å². The van der Waals surface area contributed by atoms with E-state index in [0.29, 0.717) is 11.0 Å². The maximum Gasteiger partial charge on any atom is 0.411 e. The number of fused-ring (bicyclic) bond motifs is 1. The molecule has 2 N–H and O–H groups in total. The number of hydrogen-bond acceptors (Lipinski definition) is 6. The number of amides is 1. The number of carbonyl (C=O) groups excluding carboxylic acids is 1. The third-order valence-electron chi connectivity index (χ3n) is 3.33. The molecule has 3 rings (SSSR count). The van der Waals surface area contributed by atoms with Gasteiger partial charge in [-0.15, -0.1) is 0 Å². The van der Waals surface area contributed by atoms with Gasteiger partial charge in [-0.05, 0) is 25.1 Å². The van der Waals surface area contributed by atoms with Gasteiger partial charge in [0.15, 0.2) is 5.43 Å². The van der Waals surface area contributed by atoms with Crippen LogP contribution in [0, 0.1) is 0 Å². The first-order chi connectivity index (χ1) is 11.6. The maximum atomic E-state index is 12.2. The van der Waals surface area contributed by atoms with Crippen molar-refractivity contribution >= 4 is 22.7 Å². The molecule has 2 heterocycles. The van der Waals surface area contributed by atoms with Crippen LogP contribution >= 0.6 is 0 Å². The van der Waals surface area contributed by atoms with Crippen LogP contribution in [0.4, 0.5) is 10.5 Å². The number of aromatic hydroxyl groups is 1. The first-order valence-corrected chi connectivity index (χ1v) is 7.24. The highest BCUT2D eigenvalue weighted by Crippen LogP contribution is 2.36. The molecule has 0 bridgehead atoms. The van der Waals surface area contributed by atoms with Crippen LogP contribution in [0.2, 0.25) is 0 Å². The van der Waals surface area contributed by atoms with E-state index in [1.807, 2.05) is 0 Å². The minimum atomic E-state index is -0.670. The van der Waals surface area contributed by atoms with E-state index in [1.165, 1.54) is 24.5 Å². The summed E-state index contributed by atoms with van der Waals surface area (Å²) in [5, 5.41) is 13.0. The molecule has 122 valence electrons. The Morgan fingerprint density at radius 2 is 2.21 bits per heavy atom. The smallest absolute Gasteiger partial charge is 0.411 e. The van der Waals surface area contributed by atoms with Crippen LogP contribution in [0.3, 0.4) is 0 Å². The van der Waals surface area contributed by atoms with Crippen LogP contribution < -0.4 is 10.7 Å². The van der Waals surface area contributed by atoms with Crippen LogP contribution in [-0.2, 0) is 4.74 Å². The number of hydrogen-bond donors (Lipinski definition) is 2. The van der Waals surface area contributed by atoms with Crippen LogP contribution in [-0.4, -0.2) is 22.8 Å². The number of nitrogens with one attached hydrogen (secondary N) is 1. The number of nitrogens with zero attached hydrogens (tertiary/aromatic N) is 1. The summed E-state index contributed by atoms with van der Waals surface area (Å²) in [5.74, 6) is -0.00977. The summed E-state index contributed by atoms with van der Waals surface area (Å²) in [6.07, 6.45) is 2.24. The molecule has 0 aliphatic heterocycles. The highest BCUT2D eigenvalue weighted by Gasteiger charge is 2.17. The van der Waals surface area contributed by atoms with Crippen molar-refractivity contribution in [3.8, 4) is 17.1 Å². The SMILES string of the molecule is CCOC(=O)Nc1cccc(O)c1-c1cc(=O)c2cnccc2o1. The van der Waals surface area contributed by atoms with Crippen molar-refractivity contribution in [2.24, 2.45) is 0 Å². The van der Waals surface area contributed by atoms with Gasteiger partial charge in [0.25, 0.3) is 0 Å². The number of anilines is 1. The second-order valence-electron chi connectivity index (χ2n) is 4.89. The molecule has 0 saturated heterocycles. The van der Waals surface area contributed by atoms with Crippen LogP contribution in [0.15, 0.2) is 51.9 Å². The molecule has 0 aliphatic carbocycles. The van der Waals surface area contributed by atoms with Gasteiger partial charge in [0.05, 0.1) is 23.2 Å². The number of phenolic OH excluding ortho intramolecular Hbond substituents is 1. The molecule has 0 unspecified atom stereocenters. The standard InChI is InChI=1S/C17H14N2O5/c1-2-23-17(22)19-11-4-3-5-12(20)16(11)15-8-13(21)10-9-18-7-6-14(10)24-15/h3-9,20H,2H2,1H3,(H,19,22).